The Bertz CT molecular complexity index is 2220. The predicted octanol–water partition coefficient (Wildman–Crippen LogP) is 5.80. The largest absolute Gasteiger partial charge is 0.481 e. The van der Waals surface area contributed by atoms with E-state index in [-0.39, 0.29) is 18.0 Å². The summed E-state index contributed by atoms with van der Waals surface area (Å²) in [6.07, 6.45) is 1.57. The van der Waals surface area contributed by atoms with Crippen molar-refractivity contribution in [3.8, 4) is 0 Å². The SMILES string of the molecule is CC(=O)O.CN1C(=O)C(Cc2ccc(Cl)cc2)NC(=O)c2cc(Cl)ccc21.Cn1c(=O)oc(=O)c2cc(Cl)ccc21.NCCc1ccc(Cl)cc1.O=C=O. The number of anilines is 1. The topological polar surface area (TPSA) is 199 Å². The van der Waals surface area contributed by atoms with Gasteiger partial charge in [0.15, 0.2) is 0 Å². The second kappa shape index (κ2) is 22.1. The van der Waals surface area contributed by atoms with Crippen molar-refractivity contribution in [3.05, 3.63) is 143 Å². The maximum atomic E-state index is 12.7. The van der Waals surface area contributed by atoms with Gasteiger partial charge in [0, 0.05) is 47.5 Å². The number of hydrogen-bond donors (Lipinski definition) is 3. The number of aliphatic carboxylic acids is 1. The molecule has 1 aliphatic heterocycles. The molecule has 0 spiro atoms. The first-order valence-corrected chi connectivity index (χ1v) is 17.1. The smallest absolute Gasteiger partial charge is 0.422 e. The van der Waals surface area contributed by atoms with Gasteiger partial charge in [-0.25, -0.2) is 9.59 Å². The minimum atomic E-state index is -0.833. The molecule has 0 saturated carbocycles. The Hall–Kier alpha value is -5.27. The van der Waals surface area contributed by atoms with Gasteiger partial charge in [0.2, 0.25) is 5.91 Å². The summed E-state index contributed by atoms with van der Waals surface area (Å²) in [4.78, 5) is 74.2. The Morgan fingerprint density at radius 3 is 1.83 bits per heavy atom. The third-order valence-electron chi connectivity index (χ3n) is 7.19. The number of nitrogens with zero attached hydrogens (tertiary/aromatic N) is 2. The van der Waals surface area contributed by atoms with E-state index in [1.165, 1.54) is 28.1 Å². The van der Waals surface area contributed by atoms with Crippen molar-refractivity contribution >= 4 is 86.9 Å². The van der Waals surface area contributed by atoms with E-state index in [9.17, 15) is 19.2 Å². The molecule has 0 bridgehead atoms. The number of carboxylic acid groups (broad SMARTS) is 1. The van der Waals surface area contributed by atoms with E-state index in [0.29, 0.717) is 50.2 Å². The Kier molecular flexibility index (Phi) is 18.3. The molecule has 13 nitrogen and oxygen atoms in total. The van der Waals surface area contributed by atoms with Crippen LogP contribution in [0, 0.1) is 0 Å². The second-order valence-electron chi connectivity index (χ2n) is 11.1. The van der Waals surface area contributed by atoms with Crippen molar-refractivity contribution in [2.24, 2.45) is 12.8 Å². The summed E-state index contributed by atoms with van der Waals surface area (Å²) >= 11 is 23.2. The number of carboxylic acids is 1. The van der Waals surface area contributed by atoms with Crippen molar-refractivity contribution in [1.29, 1.82) is 0 Å². The number of hydrogen-bond acceptors (Lipinski definition) is 9. The number of benzene rings is 4. The van der Waals surface area contributed by atoms with Crippen LogP contribution in [-0.2, 0) is 39.1 Å². The number of amides is 2. The molecule has 0 aliphatic carbocycles. The molecule has 0 fully saturated rings. The van der Waals surface area contributed by atoms with E-state index in [4.69, 9.17) is 71.6 Å². The highest BCUT2D eigenvalue weighted by Crippen LogP contribution is 2.27. The molecule has 2 amide bonds. The van der Waals surface area contributed by atoms with Crippen LogP contribution < -0.4 is 27.3 Å². The summed E-state index contributed by atoms with van der Waals surface area (Å²) in [5.41, 5.74) is 8.32. The van der Waals surface area contributed by atoms with Crippen LogP contribution in [0.5, 0.6) is 0 Å². The zero-order valence-corrected chi connectivity index (χ0v) is 32.0. The summed E-state index contributed by atoms with van der Waals surface area (Å²) in [5.74, 6) is -1.99. The van der Waals surface area contributed by atoms with Crippen molar-refractivity contribution in [1.82, 2.24) is 9.88 Å². The van der Waals surface area contributed by atoms with Crippen LogP contribution in [0.2, 0.25) is 20.1 Å². The number of carbonyl (C=O) groups excluding carboxylic acids is 4. The average molecular weight is 821 g/mol. The van der Waals surface area contributed by atoms with Crippen LogP contribution in [0.4, 0.5) is 5.69 Å². The van der Waals surface area contributed by atoms with Gasteiger partial charge in [-0.15, -0.1) is 0 Å². The summed E-state index contributed by atoms with van der Waals surface area (Å²) in [7, 11) is 3.19. The molecule has 54 heavy (non-hydrogen) atoms. The zero-order valence-electron chi connectivity index (χ0n) is 29.0. The van der Waals surface area contributed by atoms with Gasteiger partial charge in [0.05, 0.1) is 22.2 Å². The van der Waals surface area contributed by atoms with Crippen LogP contribution >= 0.6 is 46.4 Å². The molecule has 4 N–H and O–H groups in total. The maximum absolute atomic E-state index is 12.7. The predicted molar refractivity (Wildman–Crippen MR) is 207 cm³/mol. The van der Waals surface area contributed by atoms with Gasteiger partial charge in [0.25, 0.3) is 11.9 Å². The lowest BCUT2D eigenvalue weighted by Crippen LogP contribution is -2.45. The number of aromatic nitrogens is 1. The first-order chi connectivity index (χ1) is 25.5. The number of aryl methyl sites for hydroxylation is 1. The molecule has 4 aromatic carbocycles. The lowest BCUT2D eigenvalue weighted by Gasteiger charge is -2.21. The standard InChI is InChI=1S/C17H14Cl2N2O2.C9H6ClNO3.C8H10ClN.C2H4O2.CO2/c1-21-15-7-6-12(19)9-13(15)16(22)20-14(17(21)23)8-10-2-4-11(18)5-3-10;1-11-7-3-2-5(10)4-6(7)8(12)14-9(11)13;9-8-3-1-7(2-4-8)5-6-10;1-2(3)4;2-1-3/h2-7,9,14H,8H2,1H3,(H,20,22);2-4H,1H3;1-4H,5-6,10H2;1H3,(H,3,4);. The first kappa shape index (κ1) is 44.9. The van der Waals surface area contributed by atoms with Crippen molar-refractivity contribution < 1.29 is 33.5 Å². The number of nitrogens with one attached hydrogen (secondary N) is 1. The molecule has 0 radical (unpaired) electrons. The highest BCUT2D eigenvalue weighted by molar-refractivity contribution is 6.32. The molecule has 5 aromatic rings. The molecule has 1 atom stereocenters. The van der Waals surface area contributed by atoms with Crippen LogP contribution in [0.3, 0.4) is 0 Å². The maximum Gasteiger partial charge on any atom is 0.422 e. The monoisotopic (exact) mass is 818 g/mol. The van der Waals surface area contributed by atoms with Crippen LogP contribution in [0.15, 0.2) is 98.9 Å². The van der Waals surface area contributed by atoms with Gasteiger partial charge in [-0.05, 0) is 84.8 Å². The molecular weight excluding hydrogens is 786 g/mol. The fourth-order valence-corrected chi connectivity index (χ4v) is 5.31. The average Bonchev–Trinajstić information content (AvgIpc) is 3.20. The van der Waals surface area contributed by atoms with E-state index < -0.39 is 23.4 Å². The van der Waals surface area contributed by atoms with E-state index in [0.717, 1.165) is 23.9 Å². The third kappa shape index (κ3) is 13.9. The lowest BCUT2D eigenvalue weighted by molar-refractivity contribution is -0.191. The molecule has 6 rings (SSSR count). The van der Waals surface area contributed by atoms with E-state index >= 15 is 0 Å². The minimum absolute atomic E-state index is 0.172. The molecule has 1 unspecified atom stereocenters. The number of fused-ring (bicyclic) bond motifs is 2. The quantitative estimate of drug-likeness (QED) is 0.199. The Labute approximate surface area is 328 Å². The third-order valence-corrected chi connectivity index (χ3v) is 8.17. The van der Waals surface area contributed by atoms with Crippen molar-refractivity contribution in [2.45, 2.75) is 25.8 Å². The normalized spacial score (nSPS) is 12.7. The molecular formula is C37H34Cl4N4O9. The summed E-state index contributed by atoms with van der Waals surface area (Å²) in [6, 6.07) is 23.9. The van der Waals surface area contributed by atoms with Gasteiger partial charge in [-0.2, -0.15) is 9.59 Å². The molecule has 1 aliphatic rings. The molecule has 284 valence electrons. The number of rotatable bonds is 4. The first-order valence-electron chi connectivity index (χ1n) is 15.6. The van der Waals surface area contributed by atoms with Crippen LogP contribution in [0.25, 0.3) is 10.9 Å². The number of halogens is 4. The Morgan fingerprint density at radius 1 is 0.815 bits per heavy atom. The summed E-state index contributed by atoms with van der Waals surface area (Å²) in [6.45, 7) is 1.78. The highest BCUT2D eigenvalue weighted by atomic mass is 35.5. The van der Waals surface area contributed by atoms with Crippen LogP contribution in [0.1, 0.15) is 28.4 Å². The Balaban J connectivity index is 0.000000276. The van der Waals surface area contributed by atoms with Gasteiger partial charge in [0.1, 0.15) is 6.04 Å². The van der Waals surface area contributed by atoms with E-state index in [1.54, 1.807) is 49.5 Å². The van der Waals surface area contributed by atoms with Gasteiger partial charge in [-0.1, -0.05) is 70.7 Å². The lowest BCUT2D eigenvalue weighted by atomic mass is 10.1. The Morgan fingerprint density at radius 2 is 1.30 bits per heavy atom. The minimum Gasteiger partial charge on any atom is -0.481 e. The van der Waals surface area contributed by atoms with Gasteiger partial charge < -0.3 is 25.5 Å². The fraction of sp³-hybridized carbons (Fsp3) is 0.189. The van der Waals surface area contributed by atoms with Crippen molar-refractivity contribution in [2.75, 3.05) is 18.5 Å². The van der Waals surface area contributed by atoms with Gasteiger partial charge in [-0.3, -0.25) is 19.0 Å². The van der Waals surface area contributed by atoms with E-state index in [1.807, 2.05) is 36.4 Å². The molecule has 17 heteroatoms. The number of carbonyl (C=O) groups is 3. The summed E-state index contributed by atoms with van der Waals surface area (Å²) in [5, 5.41) is 12.8. The molecule has 2 heterocycles. The number of likely N-dealkylation sites (N-methyl/N-ethyl adjacent to an activating group) is 1. The highest BCUT2D eigenvalue weighted by Gasteiger charge is 2.32. The van der Waals surface area contributed by atoms with Crippen molar-refractivity contribution in [3.63, 3.8) is 0 Å². The molecule has 0 saturated heterocycles. The van der Waals surface area contributed by atoms with E-state index in [2.05, 4.69) is 9.73 Å². The number of nitrogens with two attached hydrogens (primary N) is 1. The van der Waals surface area contributed by atoms with Crippen LogP contribution in [-0.4, -0.2) is 53.2 Å². The molecule has 1 aromatic heterocycles. The fourth-order valence-electron chi connectivity index (χ4n) is 4.71. The van der Waals surface area contributed by atoms with Gasteiger partial charge >= 0.3 is 17.5 Å². The summed E-state index contributed by atoms with van der Waals surface area (Å²) < 4.78 is 5.73. The zero-order chi connectivity index (χ0) is 40.5. The second-order valence-corrected chi connectivity index (χ2v) is 12.8.